The molecule has 0 atom stereocenters. The Morgan fingerprint density at radius 1 is 0.525 bits per heavy atom. The summed E-state index contributed by atoms with van der Waals surface area (Å²) in [5, 5.41) is 0. The molecule has 0 fully saturated rings. The fraction of sp³-hybridized carbons (Fsp3) is 0.350. The molecule has 1 aliphatic carbocycles. The Kier molecular flexibility index (Phi) is 16.3. The Labute approximate surface area is 247 Å². The van der Waals surface area contributed by atoms with Gasteiger partial charge in [0.15, 0.2) is 0 Å². The van der Waals surface area contributed by atoms with Gasteiger partial charge in [-0.25, -0.2) is 0 Å². The lowest BCUT2D eigenvalue weighted by molar-refractivity contribution is 0.377. The minimum absolute atomic E-state index is 0.288. The molecule has 0 heteroatoms. The molecule has 0 aromatic heterocycles. The van der Waals surface area contributed by atoms with Crippen LogP contribution in [0.4, 0.5) is 0 Å². The quantitative estimate of drug-likeness (QED) is 0.218. The van der Waals surface area contributed by atoms with Crippen LogP contribution in [0.25, 0.3) is 0 Å². The van der Waals surface area contributed by atoms with E-state index in [1.54, 1.807) is 5.57 Å². The standard InChI is InChI=1S/C40H54/c1-32(2)18-13-21-35(5)24-15-26-36(6)25-14-22-33(3)19-11-12-20-34(4)23-16-27-37(7)29-30-39-38(8)28-17-31-40(39,9)10/h11-16,18-27,29-30H,17,28,31H2,1-10H3/b12-11+,21-13+,22-14+,23-16+,26-15+,30-29+,33-19+,34-20+,35-24+,36-25+,37-27+. The van der Waals surface area contributed by atoms with Crippen LogP contribution in [0.1, 0.15) is 88.5 Å². The van der Waals surface area contributed by atoms with Crippen molar-refractivity contribution in [3.05, 3.63) is 154 Å². The summed E-state index contributed by atoms with van der Waals surface area (Å²) in [6, 6.07) is 0. The van der Waals surface area contributed by atoms with Gasteiger partial charge in [-0.1, -0.05) is 162 Å². The van der Waals surface area contributed by atoms with Gasteiger partial charge in [-0.15, -0.1) is 0 Å². The van der Waals surface area contributed by atoms with Crippen molar-refractivity contribution in [2.45, 2.75) is 88.5 Å². The summed E-state index contributed by atoms with van der Waals surface area (Å²) in [5.41, 5.74) is 10.8. The third-order valence-corrected chi connectivity index (χ3v) is 6.83. The third-order valence-electron chi connectivity index (χ3n) is 6.83. The van der Waals surface area contributed by atoms with Crippen LogP contribution in [-0.4, -0.2) is 0 Å². The van der Waals surface area contributed by atoms with Crippen molar-refractivity contribution in [2.24, 2.45) is 5.41 Å². The molecule has 0 nitrogen and oxygen atoms in total. The van der Waals surface area contributed by atoms with E-state index in [2.05, 4.69) is 179 Å². The highest BCUT2D eigenvalue weighted by atomic mass is 14.3. The van der Waals surface area contributed by atoms with E-state index in [0.29, 0.717) is 0 Å². The van der Waals surface area contributed by atoms with E-state index in [4.69, 9.17) is 0 Å². The molecule has 40 heavy (non-hydrogen) atoms. The maximum absolute atomic E-state index is 2.37. The van der Waals surface area contributed by atoms with Crippen LogP contribution in [0.5, 0.6) is 0 Å². The van der Waals surface area contributed by atoms with Gasteiger partial charge in [-0.3, -0.25) is 0 Å². The predicted molar refractivity (Wildman–Crippen MR) is 183 cm³/mol. The lowest BCUT2D eigenvalue weighted by Crippen LogP contribution is -2.19. The van der Waals surface area contributed by atoms with Crippen molar-refractivity contribution in [3.8, 4) is 0 Å². The number of rotatable bonds is 12. The first-order valence-corrected chi connectivity index (χ1v) is 14.7. The van der Waals surface area contributed by atoms with Gasteiger partial charge >= 0.3 is 0 Å². The summed E-state index contributed by atoms with van der Waals surface area (Å²) < 4.78 is 0. The van der Waals surface area contributed by atoms with Crippen molar-refractivity contribution in [2.75, 3.05) is 0 Å². The van der Waals surface area contributed by atoms with E-state index in [0.717, 1.165) is 0 Å². The molecule has 0 radical (unpaired) electrons. The largest absolute Gasteiger partial charge is 0.0764 e. The minimum atomic E-state index is 0.288. The molecule has 0 unspecified atom stereocenters. The van der Waals surface area contributed by atoms with Crippen LogP contribution >= 0.6 is 0 Å². The lowest BCUT2D eigenvalue weighted by Gasteiger charge is -2.32. The molecular weight excluding hydrogens is 480 g/mol. The number of hydrogen-bond acceptors (Lipinski definition) is 0. The zero-order valence-corrected chi connectivity index (χ0v) is 27.0. The van der Waals surface area contributed by atoms with Gasteiger partial charge in [0.1, 0.15) is 0 Å². The normalized spacial score (nSPS) is 18.7. The molecule has 0 heterocycles. The second-order valence-corrected chi connectivity index (χ2v) is 11.9. The molecule has 1 rings (SSSR count). The molecular formula is C40H54. The molecule has 1 aliphatic rings. The fourth-order valence-electron chi connectivity index (χ4n) is 4.36. The molecule has 214 valence electrons. The Morgan fingerprint density at radius 2 is 0.900 bits per heavy atom. The van der Waals surface area contributed by atoms with Gasteiger partial charge in [0.05, 0.1) is 0 Å². The van der Waals surface area contributed by atoms with E-state index >= 15 is 0 Å². The molecule has 0 saturated carbocycles. The summed E-state index contributed by atoms with van der Waals surface area (Å²) in [7, 11) is 0. The van der Waals surface area contributed by atoms with Gasteiger partial charge in [-0.05, 0) is 85.6 Å². The maximum Gasteiger partial charge on any atom is -0.0104 e. The fourth-order valence-corrected chi connectivity index (χ4v) is 4.36. The summed E-state index contributed by atoms with van der Waals surface area (Å²) in [4.78, 5) is 0. The van der Waals surface area contributed by atoms with Crippen molar-refractivity contribution < 1.29 is 0 Å². The Balaban J connectivity index is 2.61. The summed E-state index contributed by atoms with van der Waals surface area (Å²) >= 11 is 0. The molecule has 0 aromatic carbocycles. The Hall–Kier alpha value is -3.38. The van der Waals surface area contributed by atoms with Crippen LogP contribution in [0.2, 0.25) is 0 Å². The lowest BCUT2D eigenvalue weighted by atomic mass is 9.72. The SMILES string of the molecule is CC(C)=C/C=C/C(C)=C/C=C/C(C)=C/C=C/C(C)=C/C=C/C=C(C)/C=C/C=C(C)/C=C/C1=C(C)CCCC1(C)C. The van der Waals surface area contributed by atoms with Crippen LogP contribution in [0, 0.1) is 5.41 Å². The average Bonchev–Trinajstić information content (AvgIpc) is 2.85. The van der Waals surface area contributed by atoms with Gasteiger partial charge in [0, 0.05) is 0 Å². The van der Waals surface area contributed by atoms with E-state index in [-0.39, 0.29) is 5.41 Å². The molecule has 0 amide bonds. The van der Waals surface area contributed by atoms with Crippen molar-refractivity contribution >= 4 is 0 Å². The predicted octanol–water partition coefficient (Wildman–Crippen LogP) is 12.5. The van der Waals surface area contributed by atoms with Gasteiger partial charge in [0.2, 0.25) is 0 Å². The highest BCUT2D eigenvalue weighted by molar-refractivity contribution is 5.37. The third kappa shape index (κ3) is 15.9. The molecule has 0 spiro atoms. The number of hydrogen-bond donors (Lipinski definition) is 0. The average molecular weight is 535 g/mol. The first-order chi connectivity index (χ1) is 18.9. The second-order valence-electron chi connectivity index (χ2n) is 11.9. The van der Waals surface area contributed by atoms with Gasteiger partial charge in [-0.2, -0.15) is 0 Å². The smallest absolute Gasteiger partial charge is 0.0104 e. The van der Waals surface area contributed by atoms with Crippen LogP contribution in [0.15, 0.2) is 154 Å². The molecule has 0 saturated heterocycles. The first kappa shape index (κ1) is 34.6. The summed E-state index contributed by atoms with van der Waals surface area (Å²) in [5.74, 6) is 0. The Morgan fingerprint density at radius 3 is 1.30 bits per heavy atom. The monoisotopic (exact) mass is 534 g/mol. The van der Waals surface area contributed by atoms with Crippen LogP contribution < -0.4 is 0 Å². The van der Waals surface area contributed by atoms with Crippen LogP contribution in [-0.2, 0) is 0 Å². The van der Waals surface area contributed by atoms with Crippen molar-refractivity contribution in [3.63, 3.8) is 0 Å². The number of allylic oxidation sites excluding steroid dienone is 26. The van der Waals surface area contributed by atoms with Gasteiger partial charge in [0.25, 0.3) is 0 Å². The topological polar surface area (TPSA) is 0 Å². The summed E-state index contributed by atoms with van der Waals surface area (Å²) in [6.45, 7) is 21.9. The van der Waals surface area contributed by atoms with E-state index in [1.807, 2.05) is 0 Å². The second kappa shape index (κ2) is 18.8. The van der Waals surface area contributed by atoms with E-state index in [9.17, 15) is 0 Å². The summed E-state index contributed by atoms with van der Waals surface area (Å²) in [6.07, 6.45) is 42.4. The zero-order valence-electron chi connectivity index (χ0n) is 27.0. The zero-order chi connectivity index (χ0) is 30.0. The van der Waals surface area contributed by atoms with Crippen LogP contribution in [0.3, 0.4) is 0 Å². The van der Waals surface area contributed by atoms with Gasteiger partial charge < -0.3 is 0 Å². The van der Waals surface area contributed by atoms with E-state index in [1.165, 1.54) is 58.3 Å². The molecule has 0 aromatic rings. The maximum atomic E-state index is 2.37. The van der Waals surface area contributed by atoms with Crippen molar-refractivity contribution in [1.29, 1.82) is 0 Å². The first-order valence-electron chi connectivity index (χ1n) is 14.7. The minimum Gasteiger partial charge on any atom is -0.0764 e. The Bertz CT molecular complexity index is 1220. The highest BCUT2D eigenvalue weighted by Crippen LogP contribution is 2.40. The van der Waals surface area contributed by atoms with E-state index < -0.39 is 0 Å². The van der Waals surface area contributed by atoms with Crippen molar-refractivity contribution in [1.82, 2.24) is 0 Å². The molecule has 0 N–H and O–H groups in total. The molecule has 0 bridgehead atoms. The molecule has 0 aliphatic heterocycles. The highest BCUT2D eigenvalue weighted by Gasteiger charge is 2.26.